The molecular formula is C20H22N2O2. The first-order valence-electron chi connectivity index (χ1n) is 8.70. The molecule has 1 aromatic heterocycles. The Bertz CT molecular complexity index is 847. The lowest BCUT2D eigenvalue weighted by molar-refractivity contribution is -0.117. The normalized spacial score (nSPS) is 23.2. The van der Waals surface area contributed by atoms with Crippen molar-refractivity contribution in [1.82, 2.24) is 9.78 Å². The summed E-state index contributed by atoms with van der Waals surface area (Å²) in [5.74, 6) is 0.659. The van der Waals surface area contributed by atoms with Crippen molar-refractivity contribution in [1.29, 1.82) is 0 Å². The van der Waals surface area contributed by atoms with Gasteiger partial charge in [-0.3, -0.25) is 4.79 Å². The van der Waals surface area contributed by atoms with E-state index in [1.165, 1.54) is 0 Å². The molecule has 0 radical (unpaired) electrons. The van der Waals surface area contributed by atoms with Crippen LogP contribution in [0.25, 0.3) is 11.3 Å². The highest BCUT2D eigenvalue weighted by molar-refractivity contribution is 6.23. The smallest absolute Gasteiger partial charge is 0.169 e. The number of aliphatic hydroxyl groups is 1. The molecule has 2 aromatic rings. The Hall–Kier alpha value is -2.36. The lowest BCUT2D eigenvalue weighted by Gasteiger charge is -2.23. The van der Waals surface area contributed by atoms with Gasteiger partial charge in [0.15, 0.2) is 5.78 Å². The molecular weight excluding hydrogens is 300 g/mol. The summed E-state index contributed by atoms with van der Waals surface area (Å²) in [6.07, 6.45) is 7.24. The number of ketones is 1. The maximum atomic E-state index is 12.9. The molecule has 0 unspecified atom stereocenters. The lowest BCUT2D eigenvalue weighted by atomic mass is 9.81. The van der Waals surface area contributed by atoms with E-state index >= 15 is 0 Å². The number of aromatic nitrogens is 2. The summed E-state index contributed by atoms with van der Waals surface area (Å²) < 4.78 is 1.82. The fraction of sp³-hybridized carbons (Fsp3) is 0.400. The van der Waals surface area contributed by atoms with Gasteiger partial charge in [-0.15, -0.1) is 0 Å². The molecule has 1 saturated carbocycles. The van der Waals surface area contributed by atoms with Gasteiger partial charge in [0, 0.05) is 18.0 Å². The van der Waals surface area contributed by atoms with Crippen LogP contribution < -0.4 is 0 Å². The number of carbonyl (C=O) groups is 1. The van der Waals surface area contributed by atoms with Crippen LogP contribution in [0.2, 0.25) is 0 Å². The van der Waals surface area contributed by atoms with Crippen LogP contribution in [-0.2, 0) is 11.2 Å². The summed E-state index contributed by atoms with van der Waals surface area (Å²) in [6, 6.07) is 6.07. The first-order chi connectivity index (χ1) is 11.6. The molecule has 1 fully saturated rings. The van der Waals surface area contributed by atoms with Gasteiger partial charge in [0.05, 0.1) is 17.5 Å². The first-order valence-corrected chi connectivity index (χ1v) is 8.70. The first kappa shape index (κ1) is 15.2. The third-order valence-corrected chi connectivity index (χ3v) is 5.41. The van der Waals surface area contributed by atoms with Crippen LogP contribution in [0, 0.1) is 18.8 Å². The van der Waals surface area contributed by atoms with Gasteiger partial charge in [0.1, 0.15) is 5.76 Å². The highest BCUT2D eigenvalue weighted by atomic mass is 16.3. The summed E-state index contributed by atoms with van der Waals surface area (Å²) in [7, 11) is 0. The number of nitrogens with zero attached hydrogens (tertiary/aromatic N) is 2. The fourth-order valence-corrected chi connectivity index (χ4v) is 4.08. The minimum Gasteiger partial charge on any atom is -0.511 e. The van der Waals surface area contributed by atoms with E-state index in [2.05, 4.69) is 12.0 Å². The quantitative estimate of drug-likeness (QED) is 0.929. The molecule has 4 rings (SSSR count). The summed E-state index contributed by atoms with van der Waals surface area (Å²) >= 11 is 0. The predicted octanol–water partition coefficient (Wildman–Crippen LogP) is 4.01. The van der Waals surface area contributed by atoms with Gasteiger partial charge in [-0.1, -0.05) is 13.0 Å². The molecule has 2 bridgehead atoms. The predicted molar refractivity (Wildman–Crippen MR) is 93.1 cm³/mol. The molecule has 0 spiro atoms. The van der Waals surface area contributed by atoms with Crippen molar-refractivity contribution in [3.63, 3.8) is 0 Å². The topological polar surface area (TPSA) is 55.1 Å². The number of hydrogen-bond donors (Lipinski definition) is 1. The summed E-state index contributed by atoms with van der Waals surface area (Å²) in [5.41, 5.74) is 4.53. The summed E-state index contributed by atoms with van der Waals surface area (Å²) in [6.45, 7) is 4.08. The van der Waals surface area contributed by atoms with Crippen molar-refractivity contribution in [2.45, 2.75) is 39.5 Å². The van der Waals surface area contributed by atoms with E-state index < -0.39 is 0 Å². The molecule has 2 aliphatic rings. The van der Waals surface area contributed by atoms with Crippen LogP contribution in [0.15, 0.2) is 36.4 Å². The number of allylic oxidation sites excluding steroid dienone is 2. The van der Waals surface area contributed by atoms with Gasteiger partial charge in [-0.2, -0.15) is 5.10 Å². The van der Waals surface area contributed by atoms with Gasteiger partial charge in [0.2, 0.25) is 0 Å². The molecule has 4 heteroatoms. The van der Waals surface area contributed by atoms with E-state index in [9.17, 15) is 9.90 Å². The molecule has 124 valence electrons. The third-order valence-electron chi connectivity index (χ3n) is 5.41. The average molecular weight is 322 g/mol. The second-order valence-electron chi connectivity index (χ2n) is 6.99. The van der Waals surface area contributed by atoms with Gasteiger partial charge >= 0.3 is 0 Å². The van der Waals surface area contributed by atoms with Crippen molar-refractivity contribution in [3.8, 4) is 5.69 Å². The Morgan fingerprint density at radius 1 is 1.29 bits per heavy atom. The summed E-state index contributed by atoms with van der Waals surface area (Å²) in [5, 5.41) is 15.1. The highest BCUT2D eigenvalue weighted by Gasteiger charge is 2.41. The number of fused-ring (bicyclic) bond motifs is 2. The summed E-state index contributed by atoms with van der Waals surface area (Å²) in [4.78, 5) is 12.9. The van der Waals surface area contributed by atoms with Crippen molar-refractivity contribution < 1.29 is 9.90 Å². The number of aryl methyl sites for hydroxylation is 2. The number of benzene rings is 1. The molecule has 2 atom stereocenters. The van der Waals surface area contributed by atoms with E-state index in [1.807, 2.05) is 42.2 Å². The number of rotatable bonds is 3. The van der Waals surface area contributed by atoms with Crippen molar-refractivity contribution >= 4 is 11.4 Å². The van der Waals surface area contributed by atoms with Crippen LogP contribution in [0.3, 0.4) is 0 Å². The van der Waals surface area contributed by atoms with Gasteiger partial charge in [-0.05, 0) is 61.4 Å². The minimum absolute atomic E-state index is 0.0845. The maximum Gasteiger partial charge on any atom is 0.169 e. The molecule has 1 aromatic carbocycles. The standard InChI is InChI=1S/C20H22N2O2/c1-3-13-6-7-16(22-11-12(2)10-21-22)9-17(13)18-19(23)14-4-5-15(8-14)20(18)24/h6-7,9-11,14-15,23H,3-5,8H2,1-2H3/t14-,15+/m1/s1. The lowest BCUT2D eigenvalue weighted by Crippen LogP contribution is -2.22. The Morgan fingerprint density at radius 2 is 2.08 bits per heavy atom. The maximum absolute atomic E-state index is 12.9. The number of aliphatic hydroxyl groups excluding tert-OH is 1. The fourth-order valence-electron chi connectivity index (χ4n) is 4.08. The van der Waals surface area contributed by atoms with E-state index in [1.54, 1.807) is 0 Å². The van der Waals surface area contributed by atoms with E-state index in [0.29, 0.717) is 11.3 Å². The zero-order valence-corrected chi connectivity index (χ0v) is 14.1. The van der Waals surface area contributed by atoms with Gasteiger partial charge in [-0.25, -0.2) is 4.68 Å². The Morgan fingerprint density at radius 3 is 2.79 bits per heavy atom. The molecule has 4 nitrogen and oxygen atoms in total. The Balaban J connectivity index is 1.87. The van der Waals surface area contributed by atoms with Crippen molar-refractivity contribution in [2.75, 3.05) is 0 Å². The molecule has 0 aliphatic heterocycles. The second-order valence-corrected chi connectivity index (χ2v) is 6.99. The van der Waals surface area contributed by atoms with E-state index in [-0.39, 0.29) is 17.6 Å². The van der Waals surface area contributed by atoms with Gasteiger partial charge in [0.25, 0.3) is 0 Å². The Kier molecular flexibility index (Phi) is 3.56. The third kappa shape index (κ3) is 2.29. The van der Waals surface area contributed by atoms with Crippen LogP contribution in [0.4, 0.5) is 0 Å². The molecule has 2 aliphatic carbocycles. The Labute approximate surface area is 141 Å². The minimum atomic E-state index is 0.0845. The zero-order chi connectivity index (χ0) is 16.8. The average Bonchev–Trinajstić information content (AvgIpc) is 3.21. The zero-order valence-electron chi connectivity index (χ0n) is 14.1. The number of Topliss-reactive ketones (excluding diaryl/α,β-unsaturated/α-hetero) is 1. The molecule has 0 amide bonds. The van der Waals surface area contributed by atoms with Crippen molar-refractivity contribution in [2.24, 2.45) is 11.8 Å². The molecule has 1 heterocycles. The van der Waals surface area contributed by atoms with E-state index in [0.717, 1.165) is 48.1 Å². The second kappa shape index (κ2) is 5.62. The van der Waals surface area contributed by atoms with Gasteiger partial charge < -0.3 is 5.11 Å². The van der Waals surface area contributed by atoms with E-state index in [4.69, 9.17) is 0 Å². The SMILES string of the molecule is CCc1ccc(-n2cc(C)cn2)cc1C1=C(O)[C@@H]2CC[C@@H](C2)C1=O. The highest BCUT2D eigenvalue weighted by Crippen LogP contribution is 2.46. The van der Waals surface area contributed by atoms with Crippen LogP contribution in [0.1, 0.15) is 42.9 Å². The van der Waals surface area contributed by atoms with Crippen LogP contribution in [0.5, 0.6) is 0 Å². The van der Waals surface area contributed by atoms with Crippen LogP contribution >= 0.6 is 0 Å². The molecule has 1 N–H and O–H groups in total. The number of hydrogen-bond acceptors (Lipinski definition) is 3. The molecule has 24 heavy (non-hydrogen) atoms. The monoisotopic (exact) mass is 322 g/mol. The molecule has 0 saturated heterocycles. The van der Waals surface area contributed by atoms with Crippen molar-refractivity contribution in [3.05, 3.63) is 53.0 Å². The van der Waals surface area contributed by atoms with Crippen LogP contribution in [-0.4, -0.2) is 20.7 Å². The number of carbonyl (C=O) groups excluding carboxylic acids is 1. The largest absolute Gasteiger partial charge is 0.511 e.